The van der Waals surface area contributed by atoms with Crippen molar-refractivity contribution in [3.05, 3.63) is 85.8 Å². The Bertz CT molecular complexity index is 1430. The molecule has 1 saturated carbocycles. The van der Waals surface area contributed by atoms with Crippen LogP contribution in [0, 0.1) is 0 Å². The quantitative estimate of drug-likeness (QED) is 0.0743. The van der Waals surface area contributed by atoms with Crippen molar-refractivity contribution in [3.8, 4) is 0 Å². The number of halogens is 3. The Morgan fingerprint density at radius 1 is 0.933 bits per heavy atom. The van der Waals surface area contributed by atoms with Crippen LogP contribution in [-0.2, 0) is 27.2 Å². The van der Waals surface area contributed by atoms with Crippen LogP contribution < -0.4 is 11.1 Å². The van der Waals surface area contributed by atoms with Crippen molar-refractivity contribution in [2.24, 2.45) is 0 Å². The second-order valence-corrected chi connectivity index (χ2v) is 13.0. The molecule has 0 aromatic heterocycles. The molecule has 0 bridgehead atoms. The average molecular weight is 720 g/mol. The monoisotopic (exact) mass is 717 g/mol. The van der Waals surface area contributed by atoms with E-state index in [9.17, 15) is 9.59 Å². The summed E-state index contributed by atoms with van der Waals surface area (Å²) in [6.45, 7) is 4.27. The van der Waals surface area contributed by atoms with E-state index in [0.717, 1.165) is 23.4 Å². The van der Waals surface area contributed by atoms with Crippen molar-refractivity contribution in [3.63, 3.8) is 0 Å². The molecule has 3 aromatic carbocycles. The number of nitrogen functional groups attached to an aromatic ring is 1. The molecule has 1 fully saturated rings. The normalized spacial score (nSPS) is 13.8. The largest absolute Gasteiger partial charge is 0.465 e. The molecular formula is C35H42BrCl2N3O4. The number of nitrogens with two attached hydrogens (primary N) is 1. The van der Waals surface area contributed by atoms with Gasteiger partial charge in [-0.3, -0.25) is 9.69 Å². The zero-order valence-electron chi connectivity index (χ0n) is 25.8. The standard InChI is InChI=1S/C35H42BrCl2N3O4/c1-2-41(27-13-5-3-4-6-14-27)23-26-20-25(21-28(36)33(26)39)35(43)45-19-10-9-18-44-32(42)22-24-12-7-8-17-31(24)40-34-29(37)15-11-16-30(34)38/h7-8,11-12,15-17,20-21,27,40H,2-6,9-10,13-14,18-19,22-23,39H2,1H3. The molecule has 1 aliphatic rings. The van der Waals surface area contributed by atoms with E-state index >= 15 is 0 Å². The number of rotatable bonds is 14. The van der Waals surface area contributed by atoms with Gasteiger partial charge in [0.15, 0.2) is 0 Å². The number of esters is 2. The maximum atomic E-state index is 12.9. The molecule has 10 heteroatoms. The molecule has 4 rings (SSSR count). The van der Waals surface area contributed by atoms with Crippen molar-refractivity contribution in [2.45, 2.75) is 77.3 Å². The number of carbonyl (C=O) groups excluding carboxylic acids is 2. The number of para-hydroxylation sites is 2. The number of anilines is 3. The number of hydrogen-bond acceptors (Lipinski definition) is 7. The van der Waals surface area contributed by atoms with Crippen LogP contribution in [0.1, 0.15) is 79.8 Å². The van der Waals surface area contributed by atoms with Crippen LogP contribution in [0.2, 0.25) is 10.0 Å². The minimum atomic E-state index is -0.394. The van der Waals surface area contributed by atoms with Gasteiger partial charge in [0.25, 0.3) is 0 Å². The lowest BCUT2D eigenvalue weighted by molar-refractivity contribution is -0.143. The van der Waals surface area contributed by atoms with Crippen LogP contribution in [0.4, 0.5) is 17.1 Å². The summed E-state index contributed by atoms with van der Waals surface area (Å²) in [5.41, 5.74) is 10.5. The highest BCUT2D eigenvalue weighted by Gasteiger charge is 2.21. The Labute approximate surface area is 284 Å². The fourth-order valence-electron chi connectivity index (χ4n) is 5.66. The minimum Gasteiger partial charge on any atom is -0.465 e. The third-order valence-corrected chi connectivity index (χ3v) is 9.47. The predicted molar refractivity (Wildman–Crippen MR) is 186 cm³/mol. The average Bonchev–Trinajstić information content (AvgIpc) is 3.31. The molecule has 1 aliphatic carbocycles. The SMILES string of the molecule is CCN(Cc1cc(C(=O)OCCCCOC(=O)Cc2ccccc2Nc2c(Cl)cccc2Cl)cc(Br)c1N)C1CCCCCC1. The molecule has 0 heterocycles. The van der Waals surface area contributed by atoms with Gasteiger partial charge >= 0.3 is 11.9 Å². The molecule has 0 unspecified atom stereocenters. The lowest BCUT2D eigenvalue weighted by Gasteiger charge is -2.30. The highest BCUT2D eigenvalue weighted by molar-refractivity contribution is 9.10. The van der Waals surface area contributed by atoms with Crippen molar-refractivity contribution in [2.75, 3.05) is 30.8 Å². The lowest BCUT2D eigenvalue weighted by atomic mass is 10.0. The van der Waals surface area contributed by atoms with Gasteiger partial charge in [0.1, 0.15) is 0 Å². The second-order valence-electron chi connectivity index (χ2n) is 11.4. The van der Waals surface area contributed by atoms with Gasteiger partial charge in [-0.15, -0.1) is 0 Å². The molecule has 3 aromatic rings. The van der Waals surface area contributed by atoms with Gasteiger partial charge in [0, 0.05) is 22.7 Å². The third-order valence-electron chi connectivity index (χ3n) is 8.18. The second kappa shape index (κ2) is 17.8. The van der Waals surface area contributed by atoms with Gasteiger partial charge in [-0.25, -0.2) is 4.79 Å². The van der Waals surface area contributed by atoms with Gasteiger partial charge < -0.3 is 20.5 Å². The zero-order chi connectivity index (χ0) is 32.2. The van der Waals surface area contributed by atoms with E-state index in [1.54, 1.807) is 24.3 Å². The van der Waals surface area contributed by atoms with Crippen LogP contribution in [0.3, 0.4) is 0 Å². The van der Waals surface area contributed by atoms with Crippen LogP contribution in [0.25, 0.3) is 0 Å². The Morgan fingerprint density at radius 3 is 2.29 bits per heavy atom. The number of ether oxygens (including phenoxy) is 2. The number of hydrogen-bond donors (Lipinski definition) is 2. The molecule has 0 radical (unpaired) electrons. The summed E-state index contributed by atoms with van der Waals surface area (Å²) in [7, 11) is 0. The molecule has 0 saturated heterocycles. The Hall–Kier alpha value is -2.78. The van der Waals surface area contributed by atoms with E-state index in [4.69, 9.17) is 38.4 Å². The first-order valence-electron chi connectivity index (χ1n) is 15.7. The fraction of sp³-hybridized carbons (Fsp3) is 0.429. The van der Waals surface area contributed by atoms with Crippen molar-refractivity contribution >= 4 is 68.1 Å². The Balaban J connectivity index is 1.22. The minimum absolute atomic E-state index is 0.0881. The number of unbranched alkanes of at least 4 members (excludes halogenated alkanes) is 1. The molecule has 45 heavy (non-hydrogen) atoms. The van der Waals surface area contributed by atoms with Crippen molar-refractivity contribution in [1.29, 1.82) is 0 Å². The van der Waals surface area contributed by atoms with Gasteiger partial charge in [0.2, 0.25) is 0 Å². The highest BCUT2D eigenvalue weighted by Crippen LogP contribution is 2.34. The summed E-state index contributed by atoms with van der Waals surface area (Å²) in [5.74, 6) is -0.745. The van der Waals surface area contributed by atoms with Crippen LogP contribution >= 0.6 is 39.1 Å². The first-order valence-corrected chi connectivity index (χ1v) is 17.2. The summed E-state index contributed by atoms with van der Waals surface area (Å²) in [6.07, 6.45) is 8.76. The first kappa shape index (κ1) is 35.1. The number of nitrogens with one attached hydrogen (secondary N) is 1. The number of nitrogens with zero attached hydrogens (tertiary/aromatic N) is 1. The fourth-order valence-corrected chi connectivity index (χ4v) is 6.65. The van der Waals surface area contributed by atoms with Gasteiger partial charge in [-0.05, 0) is 89.6 Å². The van der Waals surface area contributed by atoms with Crippen LogP contribution in [0.5, 0.6) is 0 Å². The number of carbonyl (C=O) groups is 2. The van der Waals surface area contributed by atoms with Gasteiger partial charge in [-0.2, -0.15) is 0 Å². The topological polar surface area (TPSA) is 93.9 Å². The Morgan fingerprint density at radius 2 is 1.60 bits per heavy atom. The summed E-state index contributed by atoms with van der Waals surface area (Å²) in [5, 5.41) is 4.20. The van der Waals surface area contributed by atoms with Crippen LogP contribution in [-0.4, -0.2) is 42.6 Å². The molecule has 7 nitrogen and oxygen atoms in total. The maximum Gasteiger partial charge on any atom is 0.338 e. The molecule has 0 spiro atoms. The number of benzene rings is 3. The summed E-state index contributed by atoms with van der Waals surface area (Å²) < 4.78 is 11.7. The predicted octanol–water partition coefficient (Wildman–Crippen LogP) is 9.35. The molecule has 0 atom stereocenters. The lowest BCUT2D eigenvalue weighted by Crippen LogP contribution is -2.34. The molecule has 3 N–H and O–H groups in total. The smallest absolute Gasteiger partial charge is 0.338 e. The summed E-state index contributed by atoms with van der Waals surface area (Å²) in [4.78, 5) is 28.0. The van der Waals surface area contributed by atoms with Gasteiger partial charge in [0.05, 0.1) is 46.6 Å². The van der Waals surface area contributed by atoms with E-state index in [1.165, 1.54) is 38.5 Å². The molecule has 242 valence electrons. The van der Waals surface area contributed by atoms with E-state index in [2.05, 4.69) is 33.1 Å². The van der Waals surface area contributed by atoms with E-state index in [1.807, 2.05) is 30.3 Å². The van der Waals surface area contributed by atoms with Crippen LogP contribution in [0.15, 0.2) is 59.1 Å². The van der Waals surface area contributed by atoms with E-state index in [-0.39, 0.29) is 25.6 Å². The maximum absolute atomic E-state index is 12.9. The molecule has 0 amide bonds. The molecular weight excluding hydrogens is 677 g/mol. The van der Waals surface area contributed by atoms with E-state index < -0.39 is 5.97 Å². The summed E-state index contributed by atoms with van der Waals surface area (Å²) >= 11 is 16.1. The Kier molecular flexibility index (Phi) is 13.9. The van der Waals surface area contributed by atoms with Crippen molar-refractivity contribution in [1.82, 2.24) is 4.90 Å². The third kappa shape index (κ3) is 10.4. The molecule has 0 aliphatic heterocycles. The first-order chi connectivity index (χ1) is 21.8. The van der Waals surface area contributed by atoms with Gasteiger partial charge in [-0.1, -0.05) is 80.1 Å². The zero-order valence-corrected chi connectivity index (χ0v) is 28.9. The summed E-state index contributed by atoms with van der Waals surface area (Å²) in [6, 6.07) is 16.8. The van der Waals surface area contributed by atoms with Crippen molar-refractivity contribution < 1.29 is 19.1 Å². The van der Waals surface area contributed by atoms with E-state index in [0.29, 0.717) is 56.9 Å². The highest BCUT2D eigenvalue weighted by atomic mass is 79.9.